The largest absolute Gasteiger partial charge is 0.314 e. The molecule has 3 aromatic carbocycles. The quantitative estimate of drug-likeness (QED) is 0.472. The first-order valence-electron chi connectivity index (χ1n) is 8.96. The smallest absolute Gasteiger partial charge is 0.289 e. The first-order valence-corrected chi connectivity index (χ1v) is 9.77. The first-order chi connectivity index (χ1) is 13.6. The van der Waals surface area contributed by atoms with Crippen molar-refractivity contribution in [1.29, 1.82) is 0 Å². The van der Waals surface area contributed by atoms with Crippen molar-refractivity contribution in [2.45, 2.75) is 12.8 Å². The molecule has 4 rings (SSSR count). The number of fused-ring (bicyclic) bond motifs is 1. The van der Waals surface area contributed by atoms with Crippen LogP contribution >= 0.6 is 11.3 Å². The van der Waals surface area contributed by atoms with Crippen molar-refractivity contribution in [2.24, 2.45) is 0 Å². The Morgan fingerprint density at radius 1 is 0.821 bits per heavy atom. The van der Waals surface area contributed by atoms with Crippen LogP contribution in [0.4, 0.5) is 0 Å². The van der Waals surface area contributed by atoms with Crippen LogP contribution in [0.1, 0.15) is 32.7 Å². The summed E-state index contributed by atoms with van der Waals surface area (Å²) in [5.41, 5.74) is 2.70. The third-order valence-corrected chi connectivity index (χ3v) is 5.50. The van der Waals surface area contributed by atoms with E-state index >= 15 is 0 Å². The number of hydrogen-bond acceptors (Lipinski definition) is 4. The van der Waals surface area contributed by atoms with E-state index in [4.69, 9.17) is 0 Å². The van der Waals surface area contributed by atoms with Crippen molar-refractivity contribution in [3.63, 3.8) is 0 Å². The van der Waals surface area contributed by atoms with Crippen molar-refractivity contribution in [1.82, 2.24) is 4.57 Å². The number of carbonyl (C=O) groups excluding carboxylic acids is 2. The third-order valence-electron chi connectivity index (χ3n) is 4.60. The molecule has 1 aromatic heterocycles. The predicted octanol–water partition coefficient (Wildman–Crippen LogP) is 4.57. The molecule has 28 heavy (non-hydrogen) atoms. The zero-order valence-corrected chi connectivity index (χ0v) is 15.8. The van der Waals surface area contributed by atoms with Gasteiger partial charge in [0, 0.05) is 17.5 Å². The molecule has 0 fully saturated rings. The number of hydrogen-bond donors (Lipinski definition) is 0. The van der Waals surface area contributed by atoms with Crippen LogP contribution in [0.25, 0.3) is 10.2 Å². The molecule has 0 aliphatic carbocycles. The highest BCUT2D eigenvalue weighted by molar-refractivity contribution is 7.16. The molecule has 4 nitrogen and oxygen atoms in total. The predicted molar refractivity (Wildman–Crippen MR) is 111 cm³/mol. The maximum absolute atomic E-state index is 12.7. The Kier molecular flexibility index (Phi) is 5.00. The lowest BCUT2D eigenvalue weighted by Gasteiger charge is -2.05. The van der Waals surface area contributed by atoms with Gasteiger partial charge in [0.15, 0.2) is 5.78 Å². The van der Waals surface area contributed by atoms with E-state index in [0.29, 0.717) is 27.8 Å². The molecular formula is C23H17NO3S. The zero-order chi connectivity index (χ0) is 19.5. The molecule has 0 aliphatic rings. The summed E-state index contributed by atoms with van der Waals surface area (Å²) in [7, 11) is 0. The summed E-state index contributed by atoms with van der Waals surface area (Å²) in [5.74, 6) is -0.340. The summed E-state index contributed by atoms with van der Waals surface area (Å²) in [6.45, 7) is 0. The van der Waals surface area contributed by atoms with E-state index in [0.717, 1.165) is 16.9 Å². The maximum atomic E-state index is 12.7. The molecule has 0 unspecified atom stereocenters. The van der Waals surface area contributed by atoms with Crippen LogP contribution in [0.3, 0.4) is 0 Å². The SMILES string of the molecule is O=C(c1ccccc1)c1ccc2c(c1)sc(=O)n2C(=O)CCc1ccccc1. The summed E-state index contributed by atoms with van der Waals surface area (Å²) in [6.07, 6.45) is 0.828. The molecule has 0 radical (unpaired) electrons. The van der Waals surface area contributed by atoms with Gasteiger partial charge in [0.25, 0.3) is 0 Å². The topological polar surface area (TPSA) is 56.1 Å². The van der Waals surface area contributed by atoms with E-state index in [1.54, 1.807) is 30.3 Å². The second kappa shape index (κ2) is 7.74. The monoisotopic (exact) mass is 387 g/mol. The molecular weight excluding hydrogens is 370 g/mol. The second-order valence-corrected chi connectivity index (χ2v) is 7.45. The molecule has 0 N–H and O–H groups in total. The molecule has 0 aliphatic heterocycles. The fraction of sp³-hybridized carbons (Fsp3) is 0.0870. The second-order valence-electron chi connectivity index (χ2n) is 6.46. The zero-order valence-electron chi connectivity index (χ0n) is 15.0. The van der Waals surface area contributed by atoms with Crippen LogP contribution in [0.2, 0.25) is 0 Å². The van der Waals surface area contributed by atoms with Crippen molar-refractivity contribution < 1.29 is 9.59 Å². The minimum absolute atomic E-state index is 0.106. The Morgan fingerprint density at radius 3 is 2.21 bits per heavy atom. The number of aryl methyl sites for hydroxylation is 1. The number of carbonyl (C=O) groups is 2. The highest BCUT2D eigenvalue weighted by Crippen LogP contribution is 2.21. The highest BCUT2D eigenvalue weighted by atomic mass is 32.1. The van der Waals surface area contributed by atoms with Gasteiger partial charge in [-0.05, 0) is 30.2 Å². The van der Waals surface area contributed by atoms with E-state index in [9.17, 15) is 14.4 Å². The molecule has 0 saturated heterocycles. The maximum Gasteiger partial charge on any atom is 0.314 e. The van der Waals surface area contributed by atoms with E-state index in [2.05, 4.69) is 0 Å². The van der Waals surface area contributed by atoms with Gasteiger partial charge < -0.3 is 0 Å². The number of thiazole rings is 1. The van der Waals surface area contributed by atoms with Crippen LogP contribution in [-0.4, -0.2) is 16.3 Å². The molecule has 1 heterocycles. The van der Waals surface area contributed by atoms with E-state index in [-0.39, 0.29) is 23.0 Å². The van der Waals surface area contributed by atoms with Crippen LogP contribution in [0.5, 0.6) is 0 Å². The van der Waals surface area contributed by atoms with E-state index < -0.39 is 0 Å². The number of rotatable bonds is 5. The number of aromatic nitrogens is 1. The standard InChI is InChI=1S/C23H17NO3S/c25-21(14-11-16-7-3-1-4-8-16)24-19-13-12-18(15-20(19)28-23(24)27)22(26)17-9-5-2-6-10-17/h1-10,12-13,15H,11,14H2. The number of nitrogens with zero attached hydrogens (tertiary/aromatic N) is 1. The van der Waals surface area contributed by atoms with Gasteiger partial charge in [-0.25, -0.2) is 4.57 Å². The molecule has 0 amide bonds. The van der Waals surface area contributed by atoms with Gasteiger partial charge in [-0.1, -0.05) is 72.0 Å². The van der Waals surface area contributed by atoms with Gasteiger partial charge in [-0.15, -0.1) is 0 Å². The summed E-state index contributed by atoms with van der Waals surface area (Å²) >= 11 is 0.990. The Balaban J connectivity index is 1.62. The summed E-state index contributed by atoms with van der Waals surface area (Å²) < 4.78 is 1.86. The average molecular weight is 387 g/mol. The summed E-state index contributed by atoms with van der Waals surface area (Å²) in [5, 5.41) is 0. The van der Waals surface area contributed by atoms with Crippen LogP contribution in [-0.2, 0) is 6.42 Å². The lowest BCUT2D eigenvalue weighted by molar-refractivity contribution is 0.0905. The number of benzene rings is 3. The van der Waals surface area contributed by atoms with Crippen molar-refractivity contribution in [2.75, 3.05) is 0 Å². The molecule has 4 aromatic rings. The minimum Gasteiger partial charge on any atom is -0.289 e. The van der Waals surface area contributed by atoms with Crippen LogP contribution < -0.4 is 4.87 Å². The highest BCUT2D eigenvalue weighted by Gasteiger charge is 2.17. The van der Waals surface area contributed by atoms with Crippen LogP contribution in [0.15, 0.2) is 83.7 Å². The Morgan fingerprint density at radius 2 is 1.50 bits per heavy atom. The summed E-state index contributed by atoms with van der Waals surface area (Å²) in [4.78, 5) is 37.4. The summed E-state index contributed by atoms with van der Waals surface area (Å²) in [6, 6.07) is 23.7. The van der Waals surface area contributed by atoms with Gasteiger partial charge in [-0.3, -0.25) is 14.4 Å². The van der Waals surface area contributed by atoms with E-state index in [1.807, 2.05) is 48.5 Å². The minimum atomic E-state index is -0.322. The number of ketones is 1. The van der Waals surface area contributed by atoms with Crippen molar-refractivity contribution in [3.8, 4) is 0 Å². The van der Waals surface area contributed by atoms with Gasteiger partial charge in [0.1, 0.15) is 0 Å². The van der Waals surface area contributed by atoms with Crippen molar-refractivity contribution in [3.05, 3.63) is 105 Å². The Hall–Kier alpha value is -3.31. The molecule has 0 atom stereocenters. The lowest BCUT2D eigenvalue weighted by atomic mass is 10.0. The molecule has 138 valence electrons. The van der Waals surface area contributed by atoms with Gasteiger partial charge in [-0.2, -0.15) is 0 Å². The normalized spacial score (nSPS) is 10.9. The van der Waals surface area contributed by atoms with Crippen molar-refractivity contribution >= 4 is 33.2 Å². The lowest BCUT2D eigenvalue weighted by Crippen LogP contribution is -2.21. The fourth-order valence-corrected chi connectivity index (χ4v) is 4.09. The van der Waals surface area contributed by atoms with E-state index in [1.165, 1.54) is 4.57 Å². The first kappa shape index (κ1) is 18.1. The third kappa shape index (κ3) is 3.57. The Labute approximate surface area is 165 Å². The fourth-order valence-electron chi connectivity index (χ4n) is 3.16. The molecule has 0 spiro atoms. The Bertz CT molecular complexity index is 1210. The molecule has 0 bridgehead atoms. The van der Waals surface area contributed by atoms with Crippen LogP contribution in [0, 0.1) is 0 Å². The van der Waals surface area contributed by atoms with Gasteiger partial charge in [0.2, 0.25) is 5.91 Å². The van der Waals surface area contributed by atoms with Gasteiger partial charge in [0.05, 0.1) is 10.2 Å². The molecule has 5 heteroatoms. The molecule has 0 saturated carbocycles. The average Bonchev–Trinajstić information content (AvgIpc) is 3.07. The van der Waals surface area contributed by atoms with Gasteiger partial charge >= 0.3 is 4.87 Å².